The van der Waals surface area contributed by atoms with Crippen molar-refractivity contribution in [2.45, 2.75) is 34.2 Å². The summed E-state index contributed by atoms with van der Waals surface area (Å²) < 4.78 is 0. The van der Waals surface area contributed by atoms with Crippen molar-refractivity contribution < 1.29 is 0 Å². The quantitative estimate of drug-likeness (QED) is 0.124. The number of aromatic nitrogens is 1. The molecule has 0 bridgehead atoms. The van der Waals surface area contributed by atoms with E-state index in [2.05, 4.69) is 111 Å². The van der Waals surface area contributed by atoms with Gasteiger partial charge in [-0.15, -0.1) is 0 Å². The third-order valence-electron chi connectivity index (χ3n) is 8.71. The molecule has 4 heteroatoms. The van der Waals surface area contributed by atoms with Gasteiger partial charge in [-0.05, 0) is 101 Å². The van der Waals surface area contributed by atoms with Gasteiger partial charge in [-0.3, -0.25) is 9.98 Å². The van der Waals surface area contributed by atoms with Crippen LogP contribution < -0.4 is 0 Å². The molecule has 7 rings (SSSR count). The number of hydrogen-bond donors (Lipinski definition) is 0. The molecule has 7 aromatic rings. The van der Waals surface area contributed by atoms with Crippen molar-refractivity contribution in [3.05, 3.63) is 180 Å². The molecule has 0 amide bonds. The number of allylic oxidation sites excluding steroid dienone is 1. The van der Waals surface area contributed by atoms with Gasteiger partial charge in [-0.2, -0.15) is 0 Å². The second-order valence-corrected chi connectivity index (χ2v) is 12.0. The van der Waals surface area contributed by atoms with Crippen LogP contribution >= 0.6 is 0 Å². The summed E-state index contributed by atoms with van der Waals surface area (Å²) in [4.78, 5) is 19.3. The van der Waals surface area contributed by atoms with E-state index in [1.165, 1.54) is 21.9 Å². The Morgan fingerprint density at radius 2 is 1.33 bits per heavy atom. The first-order valence-corrected chi connectivity index (χ1v) is 17.5. The fourth-order valence-electron chi connectivity index (χ4n) is 6.17. The van der Waals surface area contributed by atoms with Gasteiger partial charge in [0.15, 0.2) is 11.7 Å². The summed E-state index contributed by atoms with van der Waals surface area (Å²) in [6.45, 7) is 12.7. The highest BCUT2D eigenvalue weighted by molar-refractivity contribution is 6.13. The standard InChI is InChI=1S/C45H36N4.C2H6/c1-4-13-41-31(2)20-21-35-24-34(22-23-42(35)41)37-26-38(40-25-36-18-11-12-19-43(36)47-30-40)28-39(27-37)44(46-3)49-45(33-16-9-6-10-17-33)48-29-32-14-7-5-8-15-32;1-2/h4-28,30H,3,29H2,1-2H3;1-2H3/b13-4-,48-45?,49-44?;. The van der Waals surface area contributed by atoms with Crippen LogP contribution in [0.4, 0.5) is 0 Å². The molecular weight excluding hydrogens is 621 g/mol. The smallest absolute Gasteiger partial charge is 0.161 e. The Hall–Kier alpha value is -6.26. The monoisotopic (exact) mass is 662 g/mol. The molecule has 0 aliphatic carbocycles. The van der Waals surface area contributed by atoms with Crippen molar-refractivity contribution in [2.24, 2.45) is 15.0 Å². The number of hydrogen-bond acceptors (Lipinski definition) is 2. The maximum Gasteiger partial charge on any atom is 0.161 e. The van der Waals surface area contributed by atoms with Gasteiger partial charge in [-0.1, -0.05) is 129 Å². The lowest BCUT2D eigenvalue weighted by atomic mass is 9.93. The molecule has 0 N–H and O–H groups in total. The highest BCUT2D eigenvalue weighted by Gasteiger charge is 2.13. The largest absolute Gasteiger partial charge is 0.261 e. The molecule has 51 heavy (non-hydrogen) atoms. The summed E-state index contributed by atoms with van der Waals surface area (Å²) in [6, 6.07) is 48.2. The van der Waals surface area contributed by atoms with Crippen molar-refractivity contribution in [3.8, 4) is 22.3 Å². The molecular formula is C47H42N4. The van der Waals surface area contributed by atoms with E-state index in [1.807, 2.05) is 86.8 Å². The van der Waals surface area contributed by atoms with Crippen LogP contribution in [0.25, 0.3) is 50.0 Å². The Labute approximate surface area is 301 Å². The van der Waals surface area contributed by atoms with Crippen molar-refractivity contribution in [1.29, 1.82) is 0 Å². The highest BCUT2D eigenvalue weighted by Crippen LogP contribution is 2.33. The summed E-state index contributed by atoms with van der Waals surface area (Å²) >= 11 is 0. The van der Waals surface area contributed by atoms with Gasteiger partial charge in [0.2, 0.25) is 0 Å². The van der Waals surface area contributed by atoms with E-state index < -0.39 is 0 Å². The second kappa shape index (κ2) is 16.4. The van der Waals surface area contributed by atoms with Crippen LogP contribution in [-0.4, -0.2) is 23.4 Å². The predicted molar refractivity (Wildman–Crippen MR) is 220 cm³/mol. The van der Waals surface area contributed by atoms with Crippen LogP contribution in [-0.2, 0) is 6.54 Å². The topological polar surface area (TPSA) is 50.0 Å². The van der Waals surface area contributed by atoms with Crippen molar-refractivity contribution in [3.63, 3.8) is 0 Å². The molecule has 0 spiro atoms. The van der Waals surface area contributed by atoms with E-state index in [4.69, 9.17) is 15.0 Å². The van der Waals surface area contributed by atoms with Gasteiger partial charge in [0.05, 0.1) is 12.1 Å². The zero-order valence-corrected chi connectivity index (χ0v) is 29.7. The molecule has 0 aliphatic rings. The molecule has 1 heterocycles. The first-order valence-electron chi connectivity index (χ1n) is 17.5. The predicted octanol–water partition coefficient (Wildman–Crippen LogP) is 12.2. The van der Waals surface area contributed by atoms with Crippen LogP contribution in [0, 0.1) is 6.92 Å². The summed E-state index contributed by atoms with van der Waals surface area (Å²) in [5, 5.41) is 3.50. The molecule has 0 atom stereocenters. The van der Waals surface area contributed by atoms with Gasteiger partial charge in [0.25, 0.3) is 0 Å². The number of fused-ring (bicyclic) bond motifs is 2. The molecule has 0 radical (unpaired) electrons. The van der Waals surface area contributed by atoms with Crippen LogP contribution in [0.2, 0.25) is 0 Å². The van der Waals surface area contributed by atoms with Crippen LogP contribution in [0.3, 0.4) is 0 Å². The van der Waals surface area contributed by atoms with Gasteiger partial charge in [-0.25, -0.2) is 9.98 Å². The Morgan fingerprint density at radius 1 is 0.647 bits per heavy atom. The number of rotatable bonds is 7. The maximum atomic E-state index is 5.08. The molecule has 0 saturated carbocycles. The molecule has 0 aliphatic heterocycles. The minimum Gasteiger partial charge on any atom is -0.261 e. The molecule has 6 aromatic carbocycles. The minimum atomic E-state index is 0.499. The third kappa shape index (κ3) is 7.98. The fourth-order valence-corrected chi connectivity index (χ4v) is 6.17. The minimum absolute atomic E-state index is 0.499. The molecule has 250 valence electrons. The molecule has 0 saturated heterocycles. The highest BCUT2D eigenvalue weighted by atomic mass is 15.0. The number of nitrogens with zero attached hydrogens (tertiary/aromatic N) is 4. The maximum absolute atomic E-state index is 5.08. The zero-order valence-electron chi connectivity index (χ0n) is 29.7. The van der Waals surface area contributed by atoms with Crippen LogP contribution in [0.5, 0.6) is 0 Å². The van der Waals surface area contributed by atoms with Gasteiger partial charge in [0, 0.05) is 28.3 Å². The second-order valence-electron chi connectivity index (χ2n) is 12.0. The lowest BCUT2D eigenvalue weighted by Gasteiger charge is -2.13. The lowest BCUT2D eigenvalue weighted by Crippen LogP contribution is -2.06. The van der Waals surface area contributed by atoms with E-state index >= 15 is 0 Å². The normalized spacial score (nSPS) is 11.8. The summed E-state index contributed by atoms with van der Waals surface area (Å²) in [5.41, 5.74) is 10.5. The van der Waals surface area contributed by atoms with Crippen molar-refractivity contribution in [2.75, 3.05) is 0 Å². The van der Waals surface area contributed by atoms with Crippen molar-refractivity contribution >= 4 is 46.1 Å². The first-order chi connectivity index (χ1) is 25.1. The molecule has 1 aromatic heterocycles. The fraction of sp³-hybridized carbons (Fsp3) is 0.106. The first kappa shape index (κ1) is 34.6. The van der Waals surface area contributed by atoms with E-state index in [0.29, 0.717) is 18.2 Å². The number of aliphatic imine (C=N–C) groups is 3. The molecule has 4 nitrogen and oxygen atoms in total. The van der Waals surface area contributed by atoms with E-state index in [9.17, 15) is 0 Å². The van der Waals surface area contributed by atoms with Crippen LogP contribution in [0.1, 0.15) is 48.6 Å². The zero-order chi connectivity index (χ0) is 35.6. The number of aryl methyl sites for hydroxylation is 1. The van der Waals surface area contributed by atoms with Gasteiger partial charge < -0.3 is 0 Å². The van der Waals surface area contributed by atoms with E-state index in [0.717, 1.165) is 49.8 Å². The SMILES string of the molecule is C=NC(=NC(=NCc1ccccc1)c1ccccc1)c1cc(-c2cnc3ccccc3c2)cc(-c2ccc3c(/C=C\C)c(C)ccc3c2)c1.CC. The summed E-state index contributed by atoms with van der Waals surface area (Å²) in [6.07, 6.45) is 6.22. The Kier molecular flexibility index (Phi) is 11.1. The Balaban J connectivity index is 0.00000220. The van der Waals surface area contributed by atoms with E-state index in [-0.39, 0.29) is 0 Å². The van der Waals surface area contributed by atoms with E-state index in [1.54, 1.807) is 0 Å². The average molecular weight is 663 g/mol. The molecule has 0 fully saturated rings. The summed E-state index contributed by atoms with van der Waals surface area (Å²) in [5.74, 6) is 1.10. The van der Waals surface area contributed by atoms with Crippen LogP contribution in [0.15, 0.2) is 167 Å². The lowest BCUT2D eigenvalue weighted by molar-refractivity contribution is 1.06. The van der Waals surface area contributed by atoms with Crippen molar-refractivity contribution in [1.82, 2.24) is 4.98 Å². The van der Waals surface area contributed by atoms with Gasteiger partial charge >= 0.3 is 0 Å². The number of amidine groups is 2. The average Bonchev–Trinajstić information content (AvgIpc) is 3.20. The number of pyridine rings is 1. The van der Waals surface area contributed by atoms with Gasteiger partial charge in [0.1, 0.15) is 0 Å². The number of para-hydroxylation sites is 1. The summed E-state index contributed by atoms with van der Waals surface area (Å²) in [7, 11) is 0. The third-order valence-corrected chi connectivity index (χ3v) is 8.71. The Morgan fingerprint density at radius 3 is 2.08 bits per heavy atom. The Bertz CT molecular complexity index is 2390. The molecule has 0 unspecified atom stereocenters. The number of benzene rings is 6.